The topological polar surface area (TPSA) is 84.4 Å². The second-order valence-electron chi connectivity index (χ2n) is 6.26. The van der Waals surface area contributed by atoms with E-state index in [0.29, 0.717) is 38.4 Å². The number of aromatic nitrogens is 2. The highest BCUT2D eigenvalue weighted by Crippen LogP contribution is 2.21. The Hall–Kier alpha value is -2.58. The van der Waals surface area contributed by atoms with Crippen molar-refractivity contribution in [2.24, 2.45) is 0 Å². The van der Waals surface area contributed by atoms with Gasteiger partial charge in [0.25, 0.3) is 0 Å². The van der Waals surface area contributed by atoms with E-state index in [-0.39, 0.29) is 17.9 Å². The summed E-state index contributed by atoms with van der Waals surface area (Å²) >= 11 is 1.57. The molecule has 0 saturated carbocycles. The summed E-state index contributed by atoms with van der Waals surface area (Å²) in [5.74, 6) is 0.575. The van der Waals surface area contributed by atoms with E-state index >= 15 is 0 Å². The van der Waals surface area contributed by atoms with E-state index in [0.717, 1.165) is 16.1 Å². The molecule has 0 spiro atoms. The molecule has 4 heterocycles. The number of carbonyl (C=O) groups is 2. The maximum absolute atomic E-state index is 12.2. The predicted molar refractivity (Wildman–Crippen MR) is 97.5 cm³/mol. The van der Waals surface area contributed by atoms with Gasteiger partial charge < -0.3 is 15.0 Å². The molecule has 0 unspecified atom stereocenters. The van der Waals surface area contributed by atoms with Crippen LogP contribution in [0.15, 0.2) is 29.9 Å². The first-order valence-electron chi connectivity index (χ1n) is 8.43. The number of hydrogen-bond acceptors (Lipinski definition) is 6. The summed E-state index contributed by atoms with van der Waals surface area (Å²) < 4.78 is 5.72. The first kappa shape index (κ1) is 16.9. The van der Waals surface area contributed by atoms with Gasteiger partial charge in [0.2, 0.25) is 11.8 Å². The van der Waals surface area contributed by atoms with Gasteiger partial charge in [-0.25, -0.2) is 9.97 Å². The van der Waals surface area contributed by atoms with Crippen LogP contribution in [0.1, 0.15) is 22.6 Å². The summed E-state index contributed by atoms with van der Waals surface area (Å²) in [6.45, 7) is 1.70. The van der Waals surface area contributed by atoms with Crippen LogP contribution in [0.5, 0.6) is 0 Å². The van der Waals surface area contributed by atoms with E-state index in [2.05, 4.69) is 15.3 Å². The van der Waals surface area contributed by atoms with Crippen LogP contribution in [0, 0.1) is 0 Å². The molecule has 2 aliphatic heterocycles. The van der Waals surface area contributed by atoms with Gasteiger partial charge in [0.15, 0.2) is 0 Å². The van der Waals surface area contributed by atoms with E-state index in [1.165, 1.54) is 0 Å². The van der Waals surface area contributed by atoms with Crippen LogP contribution >= 0.6 is 11.3 Å². The van der Waals surface area contributed by atoms with Gasteiger partial charge in [-0.15, -0.1) is 11.3 Å². The Morgan fingerprint density at radius 1 is 1.38 bits per heavy atom. The molecule has 1 N–H and O–H groups in total. The monoisotopic (exact) mass is 370 g/mol. The quantitative estimate of drug-likeness (QED) is 0.812. The van der Waals surface area contributed by atoms with Gasteiger partial charge in [0.1, 0.15) is 10.8 Å². The number of amides is 2. The second kappa shape index (κ2) is 7.35. The molecule has 0 aromatic carbocycles. The number of nitrogens with zero attached hydrogens (tertiary/aromatic N) is 3. The minimum atomic E-state index is -0.0369. The Kier molecular flexibility index (Phi) is 4.77. The highest BCUT2D eigenvalue weighted by molar-refractivity contribution is 7.09. The van der Waals surface area contributed by atoms with Gasteiger partial charge in [-0.1, -0.05) is 0 Å². The van der Waals surface area contributed by atoms with Crippen molar-refractivity contribution in [3.63, 3.8) is 0 Å². The Bertz CT molecular complexity index is 844. The zero-order valence-electron chi connectivity index (χ0n) is 14.1. The number of pyridine rings is 1. The van der Waals surface area contributed by atoms with Crippen LogP contribution in [0.25, 0.3) is 6.08 Å². The van der Waals surface area contributed by atoms with Gasteiger partial charge in [-0.2, -0.15) is 0 Å². The molecule has 134 valence electrons. The Morgan fingerprint density at radius 3 is 3.08 bits per heavy atom. The number of thiazole rings is 1. The number of ether oxygens (including phenoxy) is 1. The number of hydrogen-bond donors (Lipinski definition) is 1. The third kappa shape index (κ3) is 3.81. The third-order valence-electron chi connectivity index (χ3n) is 4.37. The molecular formula is C18H18N4O3S. The fourth-order valence-corrected chi connectivity index (χ4v) is 3.41. The molecule has 26 heavy (non-hydrogen) atoms. The second-order valence-corrected chi connectivity index (χ2v) is 7.24. The summed E-state index contributed by atoms with van der Waals surface area (Å²) in [4.78, 5) is 33.7. The lowest BCUT2D eigenvalue weighted by Gasteiger charge is -2.38. The summed E-state index contributed by atoms with van der Waals surface area (Å²) in [7, 11) is 0. The van der Waals surface area contributed by atoms with E-state index in [9.17, 15) is 9.59 Å². The zero-order valence-corrected chi connectivity index (χ0v) is 14.9. The van der Waals surface area contributed by atoms with Crippen LogP contribution < -0.4 is 5.32 Å². The number of anilines is 1. The molecule has 0 bridgehead atoms. The van der Waals surface area contributed by atoms with Crippen LogP contribution in [0.3, 0.4) is 0 Å². The Labute approximate surface area is 154 Å². The lowest BCUT2D eigenvalue weighted by Crippen LogP contribution is -2.54. The Balaban J connectivity index is 1.27. The normalized spacial score (nSPS) is 17.1. The number of carbonyl (C=O) groups excluding carboxylic acids is 2. The number of fused-ring (bicyclic) bond motifs is 1. The molecule has 8 heteroatoms. The molecule has 2 aromatic rings. The van der Waals surface area contributed by atoms with Crippen molar-refractivity contribution in [2.45, 2.75) is 25.6 Å². The third-order valence-corrected chi connectivity index (χ3v) is 5.12. The predicted octanol–water partition coefficient (Wildman–Crippen LogP) is 1.86. The number of rotatable bonds is 5. The summed E-state index contributed by atoms with van der Waals surface area (Å²) in [6.07, 6.45) is 7.95. The molecule has 0 atom stereocenters. The van der Waals surface area contributed by atoms with E-state index in [1.807, 2.05) is 11.4 Å². The lowest BCUT2D eigenvalue weighted by atomic mass is 10.0. The molecule has 0 radical (unpaired) electrons. The maximum atomic E-state index is 12.2. The smallest absolute Gasteiger partial charge is 0.246 e. The van der Waals surface area contributed by atoms with Crippen molar-refractivity contribution in [1.29, 1.82) is 0 Å². The van der Waals surface area contributed by atoms with Crippen LogP contribution in [-0.4, -0.2) is 45.9 Å². The number of aryl methyl sites for hydroxylation is 1. The van der Waals surface area contributed by atoms with E-state index in [4.69, 9.17) is 4.74 Å². The maximum Gasteiger partial charge on any atom is 0.246 e. The van der Waals surface area contributed by atoms with Crippen LogP contribution in [0.4, 0.5) is 5.82 Å². The van der Waals surface area contributed by atoms with Crippen molar-refractivity contribution in [1.82, 2.24) is 14.9 Å². The van der Waals surface area contributed by atoms with Crippen molar-refractivity contribution in [3.05, 3.63) is 46.1 Å². The lowest BCUT2D eigenvalue weighted by molar-refractivity contribution is -0.140. The highest BCUT2D eigenvalue weighted by atomic mass is 32.1. The minimum absolute atomic E-state index is 0.00659. The summed E-state index contributed by atoms with van der Waals surface area (Å²) in [5, 5.41) is 5.62. The molecule has 0 aliphatic carbocycles. The molecule has 2 aromatic heterocycles. The zero-order chi connectivity index (χ0) is 17.9. The molecule has 7 nitrogen and oxygen atoms in total. The SMILES string of the molecule is O=C1CCc2cc(/C=C/C(=O)N3CC(OCc4nccs4)C3)cnc2N1. The highest BCUT2D eigenvalue weighted by Gasteiger charge is 2.30. The van der Waals surface area contributed by atoms with Crippen molar-refractivity contribution >= 4 is 35.0 Å². The molecule has 1 fully saturated rings. The minimum Gasteiger partial charge on any atom is -0.367 e. The summed E-state index contributed by atoms with van der Waals surface area (Å²) in [5.41, 5.74) is 1.85. The average Bonchev–Trinajstić information content (AvgIpc) is 3.12. The van der Waals surface area contributed by atoms with Crippen LogP contribution in [-0.2, 0) is 27.4 Å². The van der Waals surface area contributed by atoms with Crippen LogP contribution in [0.2, 0.25) is 0 Å². The summed E-state index contributed by atoms with van der Waals surface area (Å²) in [6, 6.07) is 1.96. The van der Waals surface area contributed by atoms with E-state index < -0.39 is 0 Å². The fraction of sp³-hybridized carbons (Fsp3) is 0.333. The molecule has 2 amide bonds. The van der Waals surface area contributed by atoms with Gasteiger partial charge >= 0.3 is 0 Å². The number of nitrogens with one attached hydrogen (secondary N) is 1. The van der Waals surface area contributed by atoms with Gasteiger partial charge in [0, 0.05) is 43.4 Å². The van der Waals surface area contributed by atoms with Gasteiger partial charge in [-0.05, 0) is 29.7 Å². The standard InChI is InChI=1S/C18H18N4O3S/c23-15-3-2-13-7-12(8-20-18(13)21-15)1-4-17(24)22-9-14(10-22)25-11-16-19-5-6-26-16/h1,4-8,14H,2-3,9-11H2,(H,20,21,23)/b4-1+. The molecule has 1 saturated heterocycles. The van der Waals surface area contributed by atoms with Crippen molar-refractivity contribution in [3.8, 4) is 0 Å². The van der Waals surface area contributed by atoms with Crippen molar-refractivity contribution < 1.29 is 14.3 Å². The number of likely N-dealkylation sites (tertiary alicyclic amines) is 1. The van der Waals surface area contributed by atoms with Gasteiger partial charge in [-0.3, -0.25) is 9.59 Å². The largest absolute Gasteiger partial charge is 0.367 e. The van der Waals surface area contributed by atoms with Crippen molar-refractivity contribution in [2.75, 3.05) is 18.4 Å². The molecule has 4 rings (SSSR count). The van der Waals surface area contributed by atoms with E-state index in [1.54, 1.807) is 40.8 Å². The Morgan fingerprint density at radius 2 is 2.27 bits per heavy atom. The first-order chi connectivity index (χ1) is 12.7. The molecule has 2 aliphatic rings. The molecular weight excluding hydrogens is 352 g/mol. The van der Waals surface area contributed by atoms with Gasteiger partial charge in [0.05, 0.1) is 12.7 Å². The fourth-order valence-electron chi connectivity index (χ4n) is 2.88. The average molecular weight is 370 g/mol. The first-order valence-corrected chi connectivity index (χ1v) is 9.31.